The van der Waals surface area contributed by atoms with Crippen LogP contribution in [-0.4, -0.2) is 5.66 Å². The van der Waals surface area contributed by atoms with Crippen molar-refractivity contribution in [3.63, 3.8) is 0 Å². The molecule has 2 aromatic rings. The second kappa shape index (κ2) is 5.49. The molecule has 2 heteroatoms. The first-order valence-electron chi connectivity index (χ1n) is 5.85. The summed E-state index contributed by atoms with van der Waals surface area (Å²) in [6.45, 7) is 4.67. The molecule has 0 aliphatic heterocycles. The van der Waals surface area contributed by atoms with Gasteiger partial charge in [-0.2, -0.15) is 0 Å². The normalized spacial score (nSPS) is 11.8. The van der Waals surface area contributed by atoms with Gasteiger partial charge in [0.1, 0.15) is 15.5 Å². The van der Waals surface area contributed by atoms with E-state index in [-0.39, 0.29) is 0 Å². The van der Waals surface area contributed by atoms with Gasteiger partial charge < -0.3 is 0 Å². The van der Waals surface area contributed by atoms with Crippen LogP contribution in [0, 0.1) is 0 Å². The molecule has 2 rings (SSSR count). The Morgan fingerprint density at radius 3 is 1.41 bits per heavy atom. The lowest BCUT2D eigenvalue weighted by molar-refractivity contribution is 1.10. The SMILES string of the molecule is CC(C)[P+](I)(c1ccccc1)c1ccccc1. The van der Waals surface area contributed by atoms with Crippen LogP contribution in [0.15, 0.2) is 60.7 Å². The second-order valence-corrected chi connectivity index (χ2v) is 12.3. The van der Waals surface area contributed by atoms with Gasteiger partial charge in [-0.1, -0.05) is 36.4 Å². The summed E-state index contributed by atoms with van der Waals surface area (Å²) in [5, 5.41) is 2.98. The Hall–Kier alpha value is -0.400. The van der Waals surface area contributed by atoms with E-state index < -0.39 is 4.90 Å². The van der Waals surface area contributed by atoms with E-state index in [1.165, 1.54) is 10.6 Å². The fraction of sp³-hybridized carbons (Fsp3) is 0.200. The summed E-state index contributed by atoms with van der Waals surface area (Å²) in [4.78, 5) is -1.28. The Morgan fingerprint density at radius 1 is 0.765 bits per heavy atom. The van der Waals surface area contributed by atoms with Crippen LogP contribution in [0.25, 0.3) is 0 Å². The van der Waals surface area contributed by atoms with Crippen molar-refractivity contribution in [1.29, 1.82) is 0 Å². The second-order valence-electron chi connectivity index (χ2n) is 4.40. The number of hydrogen-bond donors (Lipinski definition) is 0. The third-order valence-corrected chi connectivity index (χ3v) is 13.2. The van der Waals surface area contributed by atoms with Crippen molar-refractivity contribution in [2.75, 3.05) is 0 Å². The third kappa shape index (κ3) is 2.56. The van der Waals surface area contributed by atoms with Gasteiger partial charge in [0, 0.05) is 0 Å². The van der Waals surface area contributed by atoms with Gasteiger partial charge in [0.25, 0.3) is 0 Å². The smallest absolute Gasteiger partial charge is 0.0620 e. The lowest BCUT2D eigenvalue weighted by Gasteiger charge is -2.23. The van der Waals surface area contributed by atoms with Gasteiger partial charge >= 0.3 is 0 Å². The molecule has 0 nitrogen and oxygen atoms in total. The van der Waals surface area contributed by atoms with E-state index in [4.69, 9.17) is 0 Å². The molecule has 0 amide bonds. The minimum atomic E-state index is -1.28. The average molecular weight is 355 g/mol. The van der Waals surface area contributed by atoms with E-state index in [0.717, 1.165) is 0 Å². The summed E-state index contributed by atoms with van der Waals surface area (Å²) in [5.74, 6) is 0. The monoisotopic (exact) mass is 355 g/mol. The molecule has 0 N–H and O–H groups in total. The quantitative estimate of drug-likeness (QED) is 0.565. The average Bonchev–Trinajstić information content (AvgIpc) is 2.39. The molecule has 0 aliphatic rings. The van der Waals surface area contributed by atoms with Crippen LogP contribution in [0.5, 0.6) is 0 Å². The van der Waals surface area contributed by atoms with E-state index in [9.17, 15) is 0 Å². The summed E-state index contributed by atoms with van der Waals surface area (Å²) < 4.78 is 0. The highest BCUT2D eigenvalue weighted by Gasteiger charge is 2.43. The molecule has 88 valence electrons. The highest BCUT2D eigenvalue weighted by Crippen LogP contribution is 2.68. The van der Waals surface area contributed by atoms with E-state index in [1.54, 1.807) is 0 Å². The summed E-state index contributed by atoms with van der Waals surface area (Å²) in [6, 6.07) is 21.9. The summed E-state index contributed by atoms with van der Waals surface area (Å²) in [7, 11) is 0. The summed E-state index contributed by atoms with van der Waals surface area (Å²) in [5.41, 5.74) is 0.660. The fourth-order valence-electron chi connectivity index (χ4n) is 2.04. The maximum atomic E-state index is 2.71. The maximum absolute atomic E-state index is 2.71. The minimum absolute atomic E-state index is 0.660. The Labute approximate surface area is 117 Å². The van der Waals surface area contributed by atoms with E-state index in [0.29, 0.717) is 5.66 Å². The zero-order valence-corrected chi connectivity index (χ0v) is 13.2. The molecule has 2 aromatic carbocycles. The predicted octanol–water partition coefficient (Wildman–Crippen LogP) is 4.41. The van der Waals surface area contributed by atoms with Gasteiger partial charge in [-0.3, -0.25) is 0 Å². The molecule has 0 saturated heterocycles. The van der Waals surface area contributed by atoms with Crippen molar-refractivity contribution in [3.8, 4) is 0 Å². The molecule has 0 aromatic heterocycles. The molecule has 0 heterocycles. The summed E-state index contributed by atoms with van der Waals surface area (Å²) in [6.07, 6.45) is 0. The molecular weight excluding hydrogens is 338 g/mol. The zero-order valence-electron chi connectivity index (χ0n) is 10.2. The van der Waals surface area contributed by atoms with E-state index in [2.05, 4.69) is 96.6 Å². The van der Waals surface area contributed by atoms with Crippen molar-refractivity contribution in [3.05, 3.63) is 60.7 Å². The first-order chi connectivity index (χ1) is 8.15. The Kier molecular flexibility index (Phi) is 4.22. The largest absolute Gasteiger partial charge is 0.167 e. The van der Waals surface area contributed by atoms with E-state index in [1.807, 2.05) is 0 Å². The van der Waals surface area contributed by atoms with Gasteiger partial charge in [0.05, 0.1) is 5.66 Å². The van der Waals surface area contributed by atoms with Gasteiger partial charge in [0.2, 0.25) is 0 Å². The van der Waals surface area contributed by atoms with Gasteiger partial charge in [0.15, 0.2) is 22.0 Å². The lowest BCUT2D eigenvalue weighted by atomic mass is 10.4. The molecular formula is C15H17IP+. The summed E-state index contributed by atoms with van der Waals surface area (Å²) >= 11 is 2.71. The number of halogens is 1. The van der Waals surface area contributed by atoms with Crippen LogP contribution in [0.1, 0.15) is 13.8 Å². The van der Waals surface area contributed by atoms with Crippen molar-refractivity contribution in [2.24, 2.45) is 0 Å². The Bertz CT molecular complexity index is 425. The standard InChI is InChI=1S/C15H17IP/c1-13(2)17(16,14-9-5-3-6-10-14)15-11-7-4-8-12-15/h3-13H,1-2H3/q+1. The topological polar surface area (TPSA) is 0 Å². The molecule has 0 saturated carbocycles. The fourth-order valence-corrected chi connectivity index (χ4v) is 6.67. The van der Waals surface area contributed by atoms with Crippen molar-refractivity contribution >= 4 is 37.6 Å². The van der Waals surface area contributed by atoms with Crippen LogP contribution < -0.4 is 10.6 Å². The van der Waals surface area contributed by atoms with Crippen LogP contribution in [0.3, 0.4) is 0 Å². The van der Waals surface area contributed by atoms with Gasteiger partial charge in [-0.15, -0.1) is 0 Å². The predicted molar refractivity (Wildman–Crippen MR) is 88.2 cm³/mol. The first kappa shape index (κ1) is 13.0. The van der Waals surface area contributed by atoms with E-state index >= 15 is 0 Å². The molecule has 0 fully saturated rings. The molecule has 0 radical (unpaired) electrons. The van der Waals surface area contributed by atoms with Crippen LogP contribution in [0.2, 0.25) is 0 Å². The van der Waals surface area contributed by atoms with Gasteiger partial charge in [-0.05, 0) is 38.1 Å². The third-order valence-electron chi connectivity index (χ3n) is 2.98. The highest BCUT2D eigenvalue weighted by molar-refractivity contribution is 14.2. The molecule has 0 unspecified atom stereocenters. The highest BCUT2D eigenvalue weighted by atomic mass is 127. The van der Waals surface area contributed by atoms with Crippen molar-refractivity contribution < 1.29 is 0 Å². The van der Waals surface area contributed by atoms with Gasteiger partial charge in [-0.25, -0.2) is 0 Å². The van der Waals surface area contributed by atoms with Crippen LogP contribution in [-0.2, 0) is 0 Å². The molecule has 0 atom stereocenters. The van der Waals surface area contributed by atoms with Crippen LogP contribution in [0.4, 0.5) is 0 Å². The van der Waals surface area contributed by atoms with Crippen molar-refractivity contribution in [1.82, 2.24) is 0 Å². The molecule has 17 heavy (non-hydrogen) atoms. The van der Waals surface area contributed by atoms with Crippen molar-refractivity contribution in [2.45, 2.75) is 19.5 Å². The minimum Gasteiger partial charge on any atom is -0.0620 e. The number of hydrogen-bond acceptors (Lipinski definition) is 0. The number of benzene rings is 2. The maximum Gasteiger partial charge on any atom is 0.167 e. The van der Waals surface area contributed by atoms with Crippen LogP contribution >= 0.6 is 26.9 Å². The molecule has 0 aliphatic carbocycles. The number of rotatable bonds is 3. The molecule has 0 spiro atoms. The first-order valence-corrected chi connectivity index (χ1v) is 10.5. The molecule has 0 bridgehead atoms. The lowest BCUT2D eigenvalue weighted by Crippen LogP contribution is -2.23. The Balaban J connectivity index is 2.55. The zero-order chi connectivity index (χ0) is 12.3. The Morgan fingerprint density at radius 2 is 1.12 bits per heavy atom.